The molecule has 1 aromatic carbocycles. The number of urea groups is 1. The number of anilines is 1. The van der Waals surface area contributed by atoms with Crippen LogP contribution in [0.1, 0.15) is 23.9 Å². The maximum absolute atomic E-state index is 12.8. The second-order valence-electron chi connectivity index (χ2n) is 5.94. The second-order valence-corrected chi connectivity index (χ2v) is 5.94. The molecular formula is C19H19N3O3. The van der Waals surface area contributed by atoms with E-state index in [9.17, 15) is 14.4 Å². The first kappa shape index (κ1) is 16.7. The van der Waals surface area contributed by atoms with Crippen LogP contribution in [0.25, 0.3) is 6.08 Å². The van der Waals surface area contributed by atoms with Gasteiger partial charge in [0, 0.05) is 18.4 Å². The lowest BCUT2D eigenvalue weighted by atomic mass is 10.1. The summed E-state index contributed by atoms with van der Waals surface area (Å²) in [6.07, 6.45) is 2.36. The zero-order valence-corrected chi connectivity index (χ0v) is 14.4. The first-order valence-corrected chi connectivity index (χ1v) is 8.05. The van der Waals surface area contributed by atoms with Crippen LogP contribution in [0.2, 0.25) is 0 Å². The van der Waals surface area contributed by atoms with Crippen LogP contribution in [0.15, 0.2) is 42.0 Å². The van der Waals surface area contributed by atoms with Crippen LogP contribution >= 0.6 is 0 Å². The van der Waals surface area contributed by atoms with Gasteiger partial charge in [0.25, 0.3) is 11.8 Å². The molecule has 1 aliphatic heterocycles. The van der Waals surface area contributed by atoms with E-state index in [0.717, 1.165) is 22.6 Å². The highest BCUT2D eigenvalue weighted by atomic mass is 16.2. The van der Waals surface area contributed by atoms with Crippen molar-refractivity contribution < 1.29 is 14.4 Å². The molecule has 1 fully saturated rings. The third-order valence-corrected chi connectivity index (χ3v) is 4.41. The molecule has 1 aliphatic rings. The Kier molecular flexibility index (Phi) is 4.27. The van der Waals surface area contributed by atoms with Crippen molar-refractivity contribution in [2.24, 2.45) is 7.05 Å². The van der Waals surface area contributed by atoms with Gasteiger partial charge in [0.05, 0.1) is 5.69 Å². The molecule has 0 saturated carbocycles. The molecule has 1 saturated heterocycles. The second kappa shape index (κ2) is 6.39. The first-order chi connectivity index (χ1) is 11.9. The Balaban J connectivity index is 2.00. The number of aryl methyl sites for hydroxylation is 2. The van der Waals surface area contributed by atoms with E-state index < -0.39 is 17.8 Å². The molecule has 0 bridgehead atoms. The molecule has 2 heterocycles. The number of rotatable bonds is 3. The summed E-state index contributed by atoms with van der Waals surface area (Å²) in [6.45, 7) is 3.95. The Morgan fingerprint density at radius 2 is 1.72 bits per heavy atom. The van der Waals surface area contributed by atoms with Gasteiger partial charge in [0.2, 0.25) is 0 Å². The molecule has 2 aromatic rings. The highest BCUT2D eigenvalue weighted by molar-refractivity contribution is 6.39. The summed E-state index contributed by atoms with van der Waals surface area (Å²) in [7, 11) is 1.85. The molecule has 0 atom stereocenters. The molecule has 3 rings (SSSR count). The summed E-state index contributed by atoms with van der Waals surface area (Å²) in [6, 6.07) is 10.1. The van der Waals surface area contributed by atoms with Crippen molar-refractivity contribution in [2.45, 2.75) is 20.3 Å². The topological polar surface area (TPSA) is 71.4 Å². The maximum Gasteiger partial charge on any atom is 0.335 e. The summed E-state index contributed by atoms with van der Waals surface area (Å²) in [4.78, 5) is 38.1. The Bertz CT molecular complexity index is 891. The van der Waals surface area contributed by atoms with E-state index in [1.807, 2.05) is 49.7 Å². The summed E-state index contributed by atoms with van der Waals surface area (Å²) in [5.74, 6) is -1.31. The molecule has 6 nitrogen and oxygen atoms in total. The van der Waals surface area contributed by atoms with Gasteiger partial charge in [-0.1, -0.05) is 19.1 Å². The molecule has 1 N–H and O–H groups in total. The number of nitrogens with one attached hydrogen (secondary N) is 1. The van der Waals surface area contributed by atoms with Gasteiger partial charge in [-0.05, 0) is 49.2 Å². The number of carbonyl (C=O) groups excluding carboxylic acids is 3. The third-order valence-electron chi connectivity index (χ3n) is 4.41. The van der Waals surface area contributed by atoms with Crippen molar-refractivity contribution in [1.29, 1.82) is 0 Å². The highest BCUT2D eigenvalue weighted by Gasteiger charge is 2.36. The number of amides is 4. The number of aromatic nitrogens is 1. The molecule has 1 aromatic heterocycles. The highest BCUT2D eigenvalue weighted by Crippen LogP contribution is 2.22. The van der Waals surface area contributed by atoms with E-state index in [0.29, 0.717) is 11.4 Å². The monoisotopic (exact) mass is 337 g/mol. The minimum atomic E-state index is -0.737. The van der Waals surface area contributed by atoms with Crippen molar-refractivity contribution in [3.63, 3.8) is 0 Å². The molecule has 4 amide bonds. The van der Waals surface area contributed by atoms with E-state index in [1.54, 1.807) is 12.1 Å². The van der Waals surface area contributed by atoms with E-state index in [2.05, 4.69) is 5.32 Å². The first-order valence-electron chi connectivity index (χ1n) is 8.05. The molecule has 128 valence electrons. The van der Waals surface area contributed by atoms with Gasteiger partial charge in [-0.3, -0.25) is 14.9 Å². The Hall–Kier alpha value is -3.15. The van der Waals surface area contributed by atoms with Crippen molar-refractivity contribution in [3.05, 3.63) is 58.9 Å². The fraction of sp³-hybridized carbons (Fsp3) is 0.211. The van der Waals surface area contributed by atoms with Crippen molar-refractivity contribution in [2.75, 3.05) is 4.90 Å². The Labute approximate surface area is 145 Å². The normalized spacial score (nSPS) is 16.5. The van der Waals surface area contributed by atoms with Crippen LogP contribution < -0.4 is 10.2 Å². The van der Waals surface area contributed by atoms with E-state index in [4.69, 9.17) is 0 Å². The largest absolute Gasteiger partial charge is 0.348 e. The van der Waals surface area contributed by atoms with Gasteiger partial charge >= 0.3 is 6.03 Å². The summed E-state index contributed by atoms with van der Waals surface area (Å²) in [5, 5.41) is 2.23. The number of barbiturate groups is 1. The van der Waals surface area contributed by atoms with E-state index >= 15 is 0 Å². The lowest BCUT2D eigenvalue weighted by Gasteiger charge is -2.26. The average Bonchev–Trinajstić information content (AvgIpc) is 2.91. The van der Waals surface area contributed by atoms with Gasteiger partial charge in [-0.25, -0.2) is 9.69 Å². The quantitative estimate of drug-likeness (QED) is 0.691. The molecule has 0 radical (unpaired) electrons. The van der Waals surface area contributed by atoms with Gasteiger partial charge in [0.15, 0.2) is 0 Å². The van der Waals surface area contributed by atoms with Gasteiger partial charge in [0.1, 0.15) is 5.57 Å². The molecular weight excluding hydrogens is 318 g/mol. The lowest BCUT2D eigenvalue weighted by Crippen LogP contribution is -2.54. The number of benzene rings is 1. The van der Waals surface area contributed by atoms with Crippen LogP contribution in [0.5, 0.6) is 0 Å². The van der Waals surface area contributed by atoms with E-state index in [-0.39, 0.29) is 5.57 Å². The van der Waals surface area contributed by atoms with Gasteiger partial charge in [-0.15, -0.1) is 0 Å². The standard InChI is InChI=1S/C19H19N3O3/c1-4-13-6-9-14(10-7-13)22-18(24)16(17(23)20-19(22)25)11-15-8-5-12(2)21(15)3/h5-11H,4H2,1-3H3,(H,20,23,25)/b16-11+. The number of hydrogen-bond donors (Lipinski definition) is 1. The minimum absolute atomic E-state index is 0.0691. The predicted octanol–water partition coefficient (Wildman–Crippen LogP) is 2.56. The summed E-state index contributed by atoms with van der Waals surface area (Å²) >= 11 is 0. The fourth-order valence-corrected chi connectivity index (χ4v) is 2.70. The molecule has 6 heteroatoms. The van der Waals surface area contributed by atoms with Gasteiger partial charge in [-0.2, -0.15) is 0 Å². The average molecular weight is 337 g/mol. The van der Waals surface area contributed by atoms with Crippen LogP contribution in [0.3, 0.4) is 0 Å². The number of imide groups is 2. The third kappa shape index (κ3) is 2.98. The van der Waals surface area contributed by atoms with Crippen LogP contribution in [-0.4, -0.2) is 22.4 Å². The number of nitrogens with zero attached hydrogens (tertiary/aromatic N) is 2. The van der Waals surface area contributed by atoms with Crippen molar-refractivity contribution in [1.82, 2.24) is 9.88 Å². The zero-order chi connectivity index (χ0) is 18.1. The maximum atomic E-state index is 12.8. The molecule has 25 heavy (non-hydrogen) atoms. The molecule has 0 spiro atoms. The van der Waals surface area contributed by atoms with Gasteiger partial charge < -0.3 is 4.57 Å². The van der Waals surface area contributed by atoms with Crippen molar-refractivity contribution >= 4 is 29.6 Å². The number of hydrogen-bond acceptors (Lipinski definition) is 3. The fourth-order valence-electron chi connectivity index (χ4n) is 2.70. The number of carbonyl (C=O) groups is 3. The SMILES string of the molecule is CCc1ccc(N2C(=O)NC(=O)/C(=C\c3ccc(C)n3C)C2=O)cc1. The Morgan fingerprint density at radius 1 is 1.04 bits per heavy atom. The minimum Gasteiger partial charge on any atom is -0.348 e. The molecule has 0 unspecified atom stereocenters. The molecule has 0 aliphatic carbocycles. The smallest absolute Gasteiger partial charge is 0.335 e. The van der Waals surface area contributed by atoms with Crippen LogP contribution in [0.4, 0.5) is 10.5 Å². The van der Waals surface area contributed by atoms with E-state index in [1.165, 1.54) is 6.08 Å². The zero-order valence-electron chi connectivity index (χ0n) is 14.4. The summed E-state index contributed by atoms with van der Waals surface area (Å²) < 4.78 is 1.87. The summed E-state index contributed by atoms with van der Waals surface area (Å²) in [5.41, 5.74) is 3.17. The van der Waals surface area contributed by atoms with Crippen LogP contribution in [0, 0.1) is 6.92 Å². The predicted molar refractivity (Wildman–Crippen MR) is 95.0 cm³/mol. The van der Waals surface area contributed by atoms with Crippen LogP contribution in [-0.2, 0) is 23.1 Å². The lowest BCUT2D eigenvalue weighted by molar-refractivity contribution is -0.122. The Morgan fingerprint density at radius 3 is 2.28 bits per heavy atom. The van der Waals surface area contributed by atoms with Crippen molar-refractivity contribution in [3.8, 4) is 0 Å².